The van der Waals surface area contributed by atoms with E-state index in [0.29, 0.717) is 24.4 Å². The molecule has 2 aromatic rings. The fourth-order valence-electron chi connectivity index (χ4n) is 1.59. The number of nitrogens with one attached hydrogen (secondary N) is 1. The van der Waals surface area contributed by atoms with E-state index >= 15 is 0 Å². The number of nitrogens with zero attached hydrogens (tertiary/aromatic N) is 3. The summed E-state index contributed by atoms with van der Waals surface area (Å²) in [6.45, 7) is 2.35. The van der Waals surface area contributed by atoms with Crippen molar-refractivity contribution in [2.45, 2.75) is 13.3 Å². The molecule has 1 N–H and O–H groups in total. The van der Waals surface area contributed by atoms with Gasteiger partial charge in [0.15, 0.2) is 5.82 Å². The van der Waals surface area contributed by atoms with Crippen molar-refractivity contribution in [1.82, 2.24) is 10.1 Å². The third-order valence-electron chi connectivity index (χ3n) is 2.48. The van der Waals surface area contributed by atoms with Crippen LogP contribution in [0.1, 0.15) is 11.4 Å². The van der Waals surface area contributed by atoms with Gasteiger partial charge in [-0.2, -0.15) is 4.98 Å². The van der Waals surface area contributed by atoms with Gasteiger partial charge in [-0.25, -0.2) is 0 Å². The first-order valence-electron chi connectivity index (χ1n) is 5.41. The predicted molar refractivity (Wildman–Crippen MR) is 64.3 cm³/mol. The summed E-state index contributed by atoms with van der Waals surface area (Å²) in [6, 6.07) is 4.92. The molecule has 0 saturated carbocycles. The van der Waals surface area contributed by atoms with E-state index in [1.54, 1.807) is 19.1 Å². The van der Waals surface area contributed by atoms with Crippen LogP contribution in [0.2, 0.25) is 0 Å². The number of anilines is 1. The standard InChI is InChI=1S/C11H12N4O3/c1-8-6-9(2-3-10(8)15(16)17)12-5-4-11-13-7-18-14-11/h2-3,6-7,12H,4-5H2,1H3. The SMILES string of the molecule is Cc1cc(NCCc2ncon2)ccc1[N+](=O)[O-]. The van der Waals surface area contributed by atoms with E-state index in [9.17, 15) is 10.1 Å². The third kappa shape index (κ3) is 2.82. The van der Waals surface area contributed by atoms with Crippen molar-refractivity contribution in [2.24, 2.45) is 0 Å². The molecule has 0 bridgehead atoms. The zero-order valence-corrected chi connectivity index (χ0v) is 9.79. The topological polar surface area (TPSA) is 94.1 Å². The van der Waals surface area contributed by atoms with Gasteiger partial charge in [-0.3, -0.25) is 10.1 Å². The number of hydrogen-bond acceptors (Lipinski definition) is 6. The first-order valence-corrected chi connectivity index (χ1v) is 5.41. The van der Waals surface area contributed by atoms with Crippen molar-refractivity contribution >= 4 is 11.4 Å². The van der Waals surface area contributed by atoms with Crippen molar-refractivity contribution < 1.29 is 9.45 Å². The van der Waals surface area contributed by atoms with E-state index in [1.807, 2.05) is 0 Å². The summed E-state index contributed by atoms with van der Waals surface area (Å²) in [4.78, 5) is 14.2. The van der Waals surface area contributed by atoms with Crippen LogP contribution in [0.5, 0.6) is 0 Å². The van der Waals surface area contributed by atoms with Gasteiger partial charge in [-0.1, -0.05) is 5.16 Å². The molecule has 18 heavy (non-hydrogen) atoms. The zero-order chi connectivity index (χ0) is 13.0. The summed E-state index contributed by atoms with van der Waals surface area (Å²) in [6.07, 6.45) is 1.91. The van der Waals surface area contributed by atoms with Crippen LogP contribution < -0.4 is 5.32 Å². The lowest BCUT2D eigenvalue weighted by Crippen LogP contribution is -2.06. The molecule has 0 unspecified atom stereocenters. The first-order chi connectivity index (χ1) is 8.66. The highest BCUT2D eigenvalue weighted by Crippen LogP contribution is 2.21. The van der Waals surface area contributed by atoms with Crippen LogP contribution in [0.3, 0.4) is 0 Å². The lowest BCUT2D eigenvalue weighted by molar-refractivity contribution is -0.385. The second-order valence-corrected chi connectivity index (χ2v) is 3.78. The summed E-state index contributed by atoms with van der Waals surface area (Å²) in [5.41, 5.74) is 1.59. The number of hydrogen-bond donors (Lipinski definition) is 1. The minimum Gasteiger partial charge on any atom is -0.385 e. The summed E-state index contributed by atoms with van der Waals surface area (Å²) in [5, 5.41) is 17.5. The normalized spacial score (nSPS) is 10.3. The van der Waals surface area contributed by atoms with Gasteiger partial charge in [-0.05, 0) is 19.1 Å². The van der Waals surface area contributed by atoms with Crippen LogP contribution in [0, 0.1) is 17.0 Å². The maximum atomic E-state index is 10.7. The summed E-state index contributed by atoms with van der Waals surface area (Å²) in [5.74, 6) is 0.626. The van der Waals surface area contributed by atoms with Gasteiger partial charge in [-0.15, -0.1) is 0 Å². The highest BCUT2D eigenvalue weighted by atomic mass is 16.6. The second kappa shape index (κ2) is 5.26. The summed E-state index contributed by atoms with van der Waals surface area (Å²) in [7, 11) is 0. The number of benzene rings is 1. The largest absolute Gasteiger partial charge is 0.385 e. The molecular formula is C11H12N4O3. The lowest BCUT2D eigenvalue weighted by atomic mass is 10.2. The van der Waals surface area contributed by atoms with Gasteiger partial charge in [0.2, 0.25) is 6.39 Å². The Bertz CT molecular complexity index is 539. The van der Waals surface area contributed by atoms with E-state index in [2.05, 4.69) is 20.0 Å². The molecule has 0 aliphatic rings. The van der Waals surface area contributed by atoms with Gasteiger partial charge in [0.05, 0.1) is 4.92 Å². The van der Waals surface area contributed by atoms with E-state index in [1.165, 1.54) is 12.5 Å². The highest BCUT2D eigenvalue weighted by molar-refractivity contribution is 5.53. The highest BCUT2D eigenvalue weighted by Gasteiger charge is 2.09. The molecule has 0 radical (unpaired) electrons. The Kier molecular flexibility index (Phi) is 3.52. The average molecular weight is 248 g/mol. The fraction of sp³-hybridized carbons (Fsp3) is 0.273. The van der Waals surface area contributed by atoms with Gasteiger partial charge in [0, 0.05) is 30.3 Å². The number of nitro groups is 1. The number of rotatable bonds is 5. The Hall–Kier alpha value is -2.44. The van der Waals surface area contributed by atoms with Gasteiger partial charge < -0.3 is 9.84 Å². The third-order valence-corrected chi connectivity index (χ3v) is 2.48. The molecule has 1 aromatic heterocycles. The van der Waals surface area contributed by atoms with E-state index in [-0.39, 0.29) is 5.69 Å². The molecule has 94 valence electrons. The summed E-state index contributed by atoms with van der Waals surface area (Å²) < 4.78 is 4.61. The van der Waals surface area contributed by atoms with E-state index in [0.717, 1.165) is 5.69 Å². The van der Waals surface area contributed by atoms with Crippen LogP contribution in [-0.4, -0.2) is 21.6 Å². The number of aryl methyl sites for hydroxylation is 1. The second-order valence-electron chi connectivity index (χ2n) is 3.78. The average Bonchev–Trinajstić information content (AvgIpc) is 2.81. The van der Waals surface area contributed by atoms with Crippen LogP contribution >= 0.6 is 0 Å². The first kappa shape index (κ1) is 12.0. The Balaban J connectivity index is 1.94. The van der Waals surface area contributed by atoms with Crippen LogP contribution in [0.25, 0.3) is 0 Å². The van der Waals surface area contributed by atoms with Crippen molar-refractivity contribution in [1.29, 1.82) is 0 Å². The quantitative estimate of drug-likeness (QED) is 0.641. The van der Waals surface area contributed by atoms with E-state index in [4.69, 9.17) is 0 Å². The molecule has 0 amide bonds. The Morgan fingerprint density at radius 2 is 2.33 bits per heavy atom. The van der Waals surface area contributed by atoms with E-state index < -0.39 is 4.92 Å². The minimum absolute atomic E-state index is 0.124. The molecule has 0 spiro atoms. The van der Waals surface area contributed by atoms with Crippen LogP contribution in [0.4, 0.5) is 11.4 Å². The zero-order valence-electron chi connectivity index (χ0n) is 9.79. The fourth-order valence-corrected chi connectivity index (χ4v) is 1.59. The molecule has 7 nitrogen and oxygen atoms in total. The van der Waals surface area contributed by atoms with Gasteiger partial charge in [0.1, 0.15) is 0 Å². The van der Waals surface area contributed by atoms with Crippen molar-refractivity contribution in [3.63, 3.8) is 0 Å². The molecule has 0 fully saturated rings. The summed E-state index contributed by atoms with van der Waals surface area (Å²) >= 11 is 0. The Morgan fingerprint density at radius 3 is 2.94 bits per heavy atom. The Labute approximate surface area is 103 Å². The lowest BCUT2D eigenvalue weighted by Gasteiger charge is -2.05. The molecule has 0 aliphatic carbocycles. The van der Waals surface area contributed by atoms with Crippen LogP contribution in [-0.2, 0) is 6.42 Å². The molecule has 1 heterocycles. The molecule has 2 rings (SSSR count). The number of nitro benzene ring substituents is 1. The monoisotopic (exact) mass is 248 g/mol. The molecule has 1 aromatic carbocycles. The molecule has 0 atom stereocenters. The van der Waals surface area contributed by atoms with Gasteiger partial charge in [0.25, 0.3) is 5.69 Å². The minimum atomic E-state index is -0.390. The molecule has 0 saturated heterocycles. The van der Waals surface area contributed by atoms with Crippen molar-refractivity contribution in [2.75, 3.05) is 11.9 Å². The molecule has 7 heteroatoms. The molecular weight excluding hydrogens is 236 g/mol. The maximum Gasteiger partial charge on any atom is 0.272 e. The number of aromatic nitrogens is 2. The Morgan fingerprint density at radius 1 is 1.50 bits per heavy atom. The van der Waals surface area contributed by atoms with Crippen molar-refractivity contribution in [3.05, 3.63) is 46.1 Å². The molecule has 0 aliphatic heterocycles. The predicted octanol–water partition coefficient (Wildman–Crippen LogP) is 1.94. The smallest absolute Gasteiger partial charge is 0.272 e. The van der Waals surface area contributed by atoms with Crippen molar-refractivity contribution in [3.8, 4) is 0 Å². The van der Waals surface area contributed by atoms with Crippen LogP contribution in [0.15, 0.2) is 29.1 Å². The van der Waals surface area contributed by atoms with Gasteiger partial charge >= 0.3 is 0 Å². The maximum absolute atomic E-state index is 10.7.